The van der Waals surface area contributed by atoms with E-state index in [0.717, 1.165) is 38.4 Å². The van der Waals surface area contributed by atoms with Crippen molar-refractivity contribution < 1.29 is 0 Å². The zero-order valence-electron chi connectivity index (χ0n) is 11.1. The standard InChI is InChI=1S/C16H13Br4N/c17-11-3-1-10-6-13(4-2-9(10)5-11)21-16-14(19)7-12(18)8-15(16)20/h1,3,5,7-8,13,21H,2,4,6H2. The van der Waals surface area contributed by atoms with E-state index in [2.05, 4.69) is 99.4 Å². The number of fused-ring (bicyclic) bond motifs is 1. The number of rotatable bonds is 2. The van der Waals surface area contributed by atoms with Crippen molar-refractivity contribution in [3.05, 3.63) is 59.3 Å². The Morgan fingerprint density at radius 2 is 1.57 bits per heavy atom. The number of hydrogen-bond donors (Lipinski definition) is 1. The summed E-state index contributed by atoms with van der Waals surface area (Å²) in [6.07, 6.45) is 3.34. The van der Waals surface area contributed by atoms with Crippen molar-refractivity contribution in [2.75, 3.05) is 5.32 Å². The van der Waals surface area contributed by atoms with Crippen LogP contribution < -0.4 is 5.32 Å². The molecular formula is C16H13Br4N. The summed E-state index contributed by atoms with van der Waals surface area (Å²) in [5.41, 5.74) is 4.05. The maximum atomic E-state index is 3.67. The average Bonchev–Trinajstić information content (AvgIpc) is 2.43. The molecule has 2 aromatic carbocycles. The van der Waals surface area contributed by atoms with Gasteiger partial charge >= 0.3 is 0 Å². The number of hydrogen-bond acceptors (Lipinski definition) is 1. The minimum atomic E-state index is 0.465. The lowest BCUT2D eigenvalue weighted by molar-refractivity contribution is 0.610. The molecule has 2 aromatic rings. The summed E-state index contributed by atoms with van der Waals surface area (Å²) < 4.78 is 4.38. The van der Waals surface area contributed by atoms with E-state index in [-0.39, 0.29) is 0 Å². The van der Waals surface area contributed by atoms with Crippen molar-refractivity contribution >= 4 is 69.4 Å². The maximum Gasteiger partial charge on any atom is 0.0632 e. The molecule has 0 aliphatic heterocycles. The Morgan fingerprint density at radius 3 is 2.29 bits per heavy atom. The molecule has 0 radical (unpaired) electrons. The molecule has 5 heteroatoms. The van der Waals surface area contributed by atoms with Gasteiger partial charge in [0.15, 0.2) is 0 Å². The minimum absolute atomic E-state index is 0.465. The summed E-state index contributed by atoms with van der Waals surface area (Å²) in [5, 5.41) is 3.67. The van der Waals surface area contributed by atoms with Crippen LogP contribution in [-0.4, -0.2) is 6.04 Å². The summed E-state index contributed by atoms with van der Waals surface area (Å²) in [5.74, 6) is 0. The van der Waals surface area contributed by atoms with Gasteiger partial charge in [-0.15, -0.1) is 0 Å². The van der Waals surface area contributed by atoms with Crippen LogP contribution in [0.1, 0.15) is 17.5 Å². The average molecular weight is 539 g/mol. The third kappa shape index (κ3) is 3.74. The van der Waals surface area contributed by atoms with Crippen LogP contribution in [0.3, 0.4) is 0 Å². The van der Waals surface area contributed by atoms with Crippen molar-refractivity contribution in [3.8, 4) is 0 Å². The third-order valence-corrected chi connectivity index (χ3v) is 5.95. The molecule has 1 nitrogen and oxygen atoms in total. The molecule has 1 unspecified atom stereocenters. The molecule has 1 aliphatic carbocycles. The predicted octanol–water partition coefficient (Wildman–Crippen LogP) is 6.71. The highest BCUT2D eigenvalue weighted by Crippen LogP contribution is 2.36. The van der Waals surface area contributed by atoms with Gasteiger partial charge in [0.25, 0.3) is 0 Å². The molecule has 1 atom stereocenters. The Labute approximate surface area is 158 Å². The lowest BCUT2D eigenvalue weighted by Gasteiger charge is -2.27. The van der Waals surface area contributed by atoms with Gasteiger partial charge in [-0.05, 0) is 86.5 Å². The molecule has 110 valence electrons. The van der Waals surface area contributed by atoms with E-state index in [0.29, 0.717) is 6.04 Å². The molecule has 0 amide bonds. The number of anilines is 1. The first-order valence-corrected chi connectivity index (χ1v) is 9.88. The van der Waals surface area contributed by atoms with E-state index < -0.39 is 0 Å². The van der Waals surface area contributed by atoms with Crippen LogP contribution in [0.15, 0.2) is 48.2 Å². The summed E-state index contributed by atoms with van der Waals surface area (Å²) in [7, 11) is 0. The van der Waals surface area contributed by atoms with Gasteiger partial charge in [-0.25, -0.2) is 0 Å². The van der Waals surface area contributed by atoms with Crippen LogP contribution in [0.5, 0.6) is 0 Å². The summed E-state index contributed by atoms with van der Waals surface area (Å²) in [6.45, 7) is 0. The Morgan fingerprint density at radius 1 is 0.857 bits per heavy atom. The molecule has 0 heterocycles. The fourth-order valence-corrected chi connectivity index (χ4v) is 5.63. The van der Waals surface area contributed by atoms with Gasteiger partial charge in [0.2, 0.25) is 0 Å². The zero-order chi connectivity index (χ0) is 15.0. The molecule has 21 heavy (non-hydrogen) atoms. The Bertz CT molecular complexity index is 661. The topological polar surface area (TPSA) is 12.0 Å². The molecule has 0 spiro atoms. The molecule has 0 saturated carbocycles. The molecule has 1 aliphatic rings. The van der Waals surface area contributed by atoms with Gasteiger partial charge in [-0.1, -0.05) is 37.9 Å². The first kappa shape index (κ1) is 16.0. The van der Waals surface area contributed by atoms with E-state index >= 15 is 0 Å². The fourth-order valence-electron chi connectivity index (χ4n) is 2.73. The highest BCUT2D eigenvalue weighted by atomic mass is 79.9. The monoisotopic (exact) mass is 535 g/mol. The predicted molar refractivity (Wildman–Crippen MR) is 103 cm³/mol. The second-order valence-corrected chi connectivity index (χ2v) is 8.78. The van der Waals surface area contributed by atoms with E-state index in [9.17, 15) is 0 Å². The Kier molecular flexibility index (Phi) is 5.14. The van der Waals surface area contributed by atoms with Crippen molar-refractivity contribution in [3.63, 3.8) is 0 Å². The number of nitrogens with one attached hydrogen (secondary N) is 1. The normalized spacial score (nSPS) is 17.4. The van der Waals surface area contributed by atoms with Crippen LogP contribution in [0.4, 0.5) is 5.69 Å². The van der Waals surface area contributed by atoms with Gasteiger partial charge in [-0.3, -0.25) is 0 Å². The van der Waals surface area contributed by atoms with E-state index in [1.165, 1.54) is 15.6 Å². The second-order valence-electron chi connectivity index (χ2n) is 5.24. The largest absolute Gasteiger partial charge is 0.380 e. The van der Waals surface area contributed by atoms with E-state index in [1.54, 1.807) is 0 Å². The van der Waals surface area contributed by atoms with Crippen LogP contribution >= 0.6 is 63.7 Å². The maximum absolute atomic E-state index is 3.67. The highest BCUT2D eigenvalue weighted by molar-refractivity contribution is 9.11. The molecule has 1 N–H and O–H groups in total. The van der Waals surface area contributed by atoms with Crippen molar-refractivity contribution in [2.45, 2.75) is 25.3 Å². The molecule has 0 fully saturated rings. The molecular weight excluding hydrogens is 526 g/mol. The SMILES string of the molecule is Brc1cc(Br)c(NC2CCc3cc(Br)ccc3C2)c(Br)c1. The molecule has 0 aromatic heterocycles. The van der Waals surface area contributed by atoms with Crippen LogP contribution in [0.2, 0.25) is 0 Å². The van der Waals surface area contributed by atoms with Gasteiger partial charge in [0, 0.05) is 23.9 Å². The first-order chi connectivity index (χ1) is 10.0. The van der Waals surface area contributed by atoms with Crippen LogP contribution in [0.25, 0.3) is 0 Å². The summed E-state index contributed by atoms with van der Waals surface area (Å²) in [4.78, 5) is 0. The van der Waals surface area contributed by atoms with Gasteiger partial charge in [0.05, 0.1) is 5.69 Å². The fraction of sp³-hybridized carbons (Fsp3) is 0.250. The van der Waals surface area contributed by atoms with Gasteiger partial charge in [-0.2, -0.15) is 0 Å². The van der Waals surface area contributed by atoms with Crippen molar-refractivity contribution in [2.24, 2.45) is 0 Å². The lowest BCUT2D eigenvalue weighted by atomic mass is 9.88. The molecule has 0 saturated heterocycles. The summed E-state index contributed by atoms with van der Waals surface area (Å²) >= 11 is 14.3. The van der Waals surface area contributed by atoms with Crippen LogP contribution in [-0.2, 0) is 12.8 Å². The van der Waals surface area contributed by atoms with Crippen molar-refractivity contribution in [1.29, 1.82) is 0 Å². The van der Waals surface area contributed by atoms with Crippen molar-refractivity contribution in [1.82, 2.24) is 0 Å². The van der Waals surface area contributed by atoms with Crippen LogP contribution in [0, 0.1) is 0 Å². The number of halogens is 4. The number of aryl methyl sites for hydroxylation is 1. The van der Waals surface area contributed by atoms with E-state index in [1.807, 2.05) is 0 Å². The second kappa shape index (κ2) is 6.73. The summed E-state index contributed by atoms with van der Waals surface area (Å²) in [6, 6.07) is 11.2. The van der Waals surface area contributed by atoms with Gasteiger partial charge < -0.3 is 5.32 Å². The van der Waals surface area contributed by atoms with Gasteiger partial charge in [0.1, 0.15) is 0 Å². The Balaban J connectivity index is 1.80. The quantitative estimate of drug-likeness (QED) is 0.448. The lowest BCUT2D eigenvalue weighted by Crippen LogP contribution is -2.27. The minimum Gasteiger partial charge on any atom is -0.380 e. The highest BCUT2D eigenvalue weighted by Gasteiger charge is 2.20. The smallest absolute Gasteiger partial charge is 0.0632 e. The van der Waals surface area contributed by atoms with E-state index in [4.69, 9.17) is 0 Å². The first-order valence-electron chi connectivity index (χ1n) is 6.71. The zero-order valence-corrected chi connectivity index (χ0v) is 17.4. The molecule has 0 bridgehead atoms. The number of benzene rings is 2. The Hall–Kier alpha value is 0.160. The third-order valence-electron chi connectivity index (χ3n) is 3.75. The molecule has 3 rings (SSSR count).